The minimum Gasteiger partial charge on any atom is -0.493 e. The van der Waals surface area contributed by atoms with Crippen LogP contribution in [0.5, 0.6) is 17.2 Å². The molecule has 0 amide bonds. The van der Waals surface area contributed by atoms with Gasteiger partial charge in [-0.15, -0.1) is 0 Å². The molecule has 0 unspecified atom stereocenters. The summed E-state index contributed by atoms with van der Waals surface area (Å²) in [6, 6.07) is 23.1. The number of hydrogen-bond donors (Lipinski definition) is 1. The van der Waals surface area contributed by atoms with Crippen LogP contribution in [-0.2, 0) is 4.79 Å². The van der Waals surface area contributed by atoms with Crippen molar-refractivity contribution in [2.24, 2.45) is 0 Å². The Morgan fingerprint density at radius 3 is 2.28 bits per heavy atom. The van der Waals surface area contributed by atoms with Crippen LogP contribution >= 0.6 is 0 Å². The van der Waals surface area contributed by atoms with Crippen LogP contribution in [0.15, 0.2) is 78.9 Å². The highest BCUT2D eigenvalue weighted by molar-refractivity contribution is 5.85. The van der Waals surface area contributed by atoms with Crippen LogP contribution < -0.4 is 14.2 Å². The molecule has 3 aromatic carbocycles. The highest BCUT2D eigenvalue weighted by Gasteiger charge is 2.07. The van der Waals surface area contributed by atoms with Crippen LogP contribution in [-0.4, -0.2) is 31.4 Å². The zero-order valence-electron chi connectivity index (χ0n) is 16.1. The smallest absolute Gasteiger partial charge is 0.328 e. The number of carboxylic acids is 1. The topological polar surface area (TPSA) is 65.0 Å². The molecule has 1 N–H and O–H groups in total. The number of hydrogen-bond acceptors (Lipinski definition) is 4. The van der Waals surface area contributed by atoms with Crippen molar-refractivity contribution in [2.45, 2.75) is 0 Å². The number of benzene rings is 3. The molecule has 3 rings (SSSR count). The fourth-order valence-corrected chi connectivity index (χ4v) is 2.83. The van der Waals surface area contributed by atoms with E-state index in [1.807, 2.05) is 54.6 Å². The van der Waals surface area contributed by atoms with Crippen LogP contribution in [0, 0.1) is 0 Å². The van der Waals surface area contributed by atoms with Gasteiger partial charge >= 0.3 is 5.97 Å². The molecule has 0 aliphatic heterocycles. The van der Waals surface area contributed by atoms with Crippen molar-refractivity contribution in [3.05, 3.63) is 84.4 Å². The van der Waals surface area contributed by atoms with E-state index in [1.54, 1.807) is 25.3 Å². The first kappa shape index (κ1) is 20.0. The van der Waals surface area contributed by atoms with Crippen molar-refractivity contribution >= 4 is 12.0 Å². The van der Waals surface area contributed by atoms with Crippen molar-refractivity contribution in [1.82, 2.24) is 0 Å². The Kier molecular flexibility index (Phi) is 6.90. The molecule has 148 valence electrons. The number of carbonyl (C=O) groups is 1. The lowest BCUT2D eigenvalue weighted by atomic mass is 10.1. The van der Waals surface area contributed by atoms with Gasteiger partial charge in [0, 0.05) is 11.6 Å². The van der Waals surface area contributed by atoms with Gasteiger partial charge in [-0.25, -0.2) is 4.79 Å². The maximum atomic E-state index is 10.7. The van der Waals surface area contributed by atoms with Gasteiger partial charge in [0.2, 0.25) is 0 Å². The second-order valence-electron chi connectivity index (χ2n) is 6.14. The van der Waals surface area contributed by atoms with Gasteiger partial charge in [0.15, 0.2) is 11.5 Å². The summed E-state index contributed by atoms with van der Waals surface area (Å²) in [5, 5.41) is 8.77. The van der Waals surface area contributed by atoms with Crippen molar-refractivity contribution in [2.75, 3.05) is 20.3 Å². The van der Waals surface area contributed by atoms with Crippen molar-refractivity contribution in [3.8, 4) is 28.4 Å². The van der Waals surface area contributed by atoms with E-state index in [4.69, 9.17) is 19.3 Å². The third-order valence-electron chi connectivity index (χ3n) is 4.18. The lowest BCUT2D eigenvalue weighted by Gasteiger charge is -2.14. The highest BCUT2D eigenvalue weighted by atomic mass is 16.5. The normalized spacial score (nSPS) is 10.7. The maximum Gasteiger partial charge on any atom is 0.328 e. The fourth-order valence-electron chi connectivity index (χ4n) is 2.83. The molecule has 0 heterocycles. The predicted molar refractivity (Wildman–Crippen MR) is 113 cm³/mol. The molecule has 0 fully saturated rings. The number of carboxylic acid groups (broad SMARTS) is 1. The van der Waals surface area contributed by atoms with Crippen molar-refractivity contribution < 1.29 is 24.1 Å². The van der Waals surface area contributed by atoms with Gasteiger partial charge in [-0.05, 0) is 35.4 Å². The van der Waals surface area contributed by atoms with Crippen LogP contribution in [0.2, 0.25) is 0 Å². The van der Waals surface area contributed by atoms with E-state index in [-0.39, 0.29) is 0 Å². The van der Waals surface area contributed by atoms with Gasteiger partial charge < -0.3 is 19.3 Å². The van der Waals surface area contributed by atoms with Gasteiger partial charge in [0.25, 0.3) is 0 Å². The molecule has 0 saturated carbocycles. The third-order valence-corrected chi connectivity index (χ3v) is 4.18. The summed E-state index contributed by atoms with van der Waals surface area (Å²) in [4.78, 5) is 10.7. The Morgan fingerprint density at radius 2 is 1.55 bits per heavy atom. The molecular formula is C24H22O5. The standard InChI is InChI=1S/C24H22O5/c1-27-22-13-11-18(12-14-24(25)26)17-23(22)29-16-15-28-21-10-6-5-9-20(21)19-7-3-2-4-8-19/h2-14,17H,15-16H2,1H3,(H,25,26). The molecule has 29 heavy (non-hydrogen) atoms. The average molecular weight is 390 g/mol. The summed E-state index contributed by atoms with van der Waals surface area (Å²) >= 11 is 0. The Bertz CT molecular complexity index is 980. The summed E-state index contributed by atoms with van der Waals surface area (Å²) in [6.45, 7) is 0.660. The quantitative estimate of drug-likeness (QED) is 0.415. The van der Waals surface area contributed by atoms with E-state index in [9.17, 15) is 4.79 Å². The van der Waals surface area contributed by atoms with Crippen LogP contribution in [0.25, 0.3) is 17.2 Å². The number of rotatable bonds is 9. The van der Waals surface area contributed by atoms with Gasteiger partial charge in [0.05, 0.1) is 7.11 Å². The van der Waals surface area contributed by atoms with E-state index in [2.05, 4.69) is 0 Å². The average Bonchev–Trinajstić information content (AvgIpc) is 2.76. The lowest BCUT2D eigenvalue weighted by molar-refractivity contribution is -0.131. The molecular weight excluding hydrogens is 368 g/mol. The molecule has 3 aromatic rings. The fraction of sp³-hybridized carbons (Fsp3) is 0.125. The first-order valence-electron chi connectivity index (χ1n) is 9.16. The van der Waals surface area contributed by atoms with Crippen LogP contribution in [0.3, 0.4) is 0 Å². The SMILES string of the molecule is COc1ccc(C=CC(=O)O)cc1OCCOc1ccccc1-c1ccccc1. The summed E-state index contributed by atoms with van der Waals surface area (Å²) in [5.41, 5.74) is 2.81. The van der Waals surface area contributed by atoms with E-state index in [1.165, 1.54) is 6.08 Å². The van der Waals surface area contributed by atoms with Gasteiger partial charge in [-0.3, -0.25) is 0 Å². The van der Waals surface area contributed by atoms with Gasteiger partial charge in [-0.1, -0.05) is 54.6 Å². The third kappa shape index (κ3) is 5.62. The molecule has 0 aliphatic carbocycles. The molecule has 0 aromatic heterocycles. The number of para-hydroxylation sites is 1. The molecule has 0 atom stereocenters. The summed E-state index contributed by atoms with van der Waals surface area (Å²) in [6.07, 6.45) is 2.58. The van der Waals surface area contributed by atoms with Gasteiger partial charge in [-0.2, -0.15) is 0 Å². The number of aliphatic carboxylic acids is 1. The second kappa shape index (κ2) is 9.99. The Labute approximate surface area is 169 Å². The van der Waals surface area contributed by atoms with E-state index >= 15 is 0 Å². The first-order valence-corrected chi connectivity index (χ1v) is 9.16. The summed E-state index contributed by atoms with van der Waals surface area (Å²) in [5.74, 6) is 0.878. The minimum absolute atomic E-state index is 0.311. The lowest BCUT2D eigenvalue weighted by Crippen LogP contribution is -2.10. The van der Waals surface area contributed by atoms with Crippen LogP contribution in [0.4, 0.5) is 0 Å². The molecule has 5 nitrogen and oxygen atoms in total. The van der Waals surface area contributed by atoms with Gasteiger partial charge in [0.1, 0.15) is 19.0 Å². The largest absolute Gasteiger partial charge is 0.493 e. The zero-order chi connectivity index (χ0) is 20.5. The highest BCUT2D eigenvalue weighted by Crippen LogP contribution is 2.30. The van der Waals surface area contributed by atoms with Crippen LogP contribution in [0.1, 0.15) is 5.56 Å². The number of methoxy groups -OCH3 is 1. The Balaban J connectivity index is 1.64. The molecule has 0 radical (unpaired) electrons. The summed E-state index contributed by atoms with van der Waals surface area (Å²) < 4.78 is 17.1. The zero-order valence-corrected chi connectivity index (χ0v) is 16.1. The molecule has 0 aliphatic rings. The number of ether oxygens (including phenoxy) is 3. The van der Waals surface area contributed by atoms with Crippen molar-refractivity contribution in [3.63, 3.8) is 0 Å². The minimum atomic E-state index is -1.01. The first-order chi connectivity index (χ1) is 14.2. The molecule has 5 heteroatoms. The van der Waals surface area contributed by atoms with E-state index in [0.29, 0.717) is 30.3 Å². The molecule has 0 bridgehead atoms. The predicted octanol–water partition coefficient (Wildman–Crippen LogP) is 4.92. The monoisotopic (exact) mass is 390 g/mol. The Morgan fingerprint density at radius 1 is 0.862 bits per heavy atom. The molecule has 0 spiro atoms. The van der Waals surface area contributed by atoms with E-state index in [0.717, 1.165) is 23.0 Å². The van der Waals surface area contributed by atoms with Crippen molar-refractivity contribution in [1.29, 1.82) is 0 Å². The van der Waals surface area contributed by atoms with E-state index < -0.39 is 5.97 Å². The Hall–Kier alpha value is -3.73. The maximum absolute atomic E-state index is 10.7. The molecule has 0 saturated heterocycles. The summed E-state index contributed by atoms with van der Waals surface area (Å²) in [7, 11) is 1.56. The second-order valence-corrected chi connectivity index (χ2v) is 6.14.